The summed E-state index contributed by atoms with van der Waals surface area (Å²) in [6.45, 7) is 6.00. The molecule has 0 saturated heterocycles. The van der Waals surface area contributed by atoms with Crippen molar-refractivity contribution in [2.24, 2.45) is 0 Å². The van der Waals surface area contributed by atoms with Gasteiger partial charge in [0.2, 0.25) is 0 Å². The van der Waals surface area contributed by atoms with Gasteiger partial charge in [0, 0.05) is 11.5 Å². The lowest BCUT2D eigenvalue weighted by Gasteiger charge is -2.17. The van der Waals surface area contributed by atoms with E-state index in [0.717, 1.165) is 5.69 Å². The van der Waals surface area contributed by atoms with Gasteiger partial charge in [0.25, 0.3) is 0 Å². The summed E-state index contributed by atoms with van der Waals surface area (Å²) < 4.78 is 17.8. The second-order valence-electron chi connectivity index (χ2n) is 3.81. The number of halogens is 1. The molecule has 0 radical (unpaired) electrons. The van der Waals surface area contributed by atoms with Gasteiger partial charge in [0.1, 0.15) is 5.75 Å². The number of methoxy groups -OCH3 is 1. The normalized spacial score (nSPS) is 11.8. The molecule has 68 valence electrons. The SMILES string of the molecule is COc1cc(F)[nH]c1C(C)(C)C. The zero-order valence-electron chi connectivity index (χ0n) is 7.86. The maximum absolute atomic E-state index is 12.8. The van der Waals surface area contributed by atoms with Crippen molar-refractivity contribution in [3.63, 3.8) is 0 Å². The summed E-state index contributed by atoms with van der Waals surface area (Å²) >= 11 is 0. The van der Waals surface area contributed by atoms with E-state index in [1.54, 1.807) is 0 Å². The average molecular weight is 171 g/mol. The number of rotatable bonds is 1. The highest BCUT2D eigenvalue weighted by atomic mass is 19.1. The first kappa shape index (κ1) is 9.10. The van der Waals surface area contributed by atoms with Crippen molar-refractivity contribution in [2.45, 2.75) is 26.2 Å². The van der Waals surface area contributed by atoms with E-state index >= 15 is 0 Å². The van der Waals surface area contributed by atoms with Crippen LogP contribution in [0, 0.1) is 5.95 Å². The molecule has 1 heterocycles. The predicted octanol–water partition coefficient (Wildman–Crippen LogP) is 2.46. The third-order valence-electron chi connectivity index (χ3n) is 1.72. The van der Waals surface area contributed by atoms with Crippen molar-refractivity contribution < 1.29 is 9.13 Å². The first-order valence-electron chi connectivity index (χ1n) is 3.88. The Morgan fingerprint density at radius 2 is 2.00 bits per heavy atom. The lowest BCUT2D eigenvalue weighted by atomic mass is 9.92. The minimum Gasteiger partial charge on any atom is -0.495 e. The molecule has 0 fully saturated rings. The van der Waals surface area contributed by atoms with Crippen LogP contribution in [-0.2, 0) is 5.41 Å². The predicted molar refractivity (Wildman–Crippen MR) is 46.0 cm³/mol. The number of nitrogens with one attached hydrogen (secondary N) is 1. The highest BCUT2D eigenvalue weighted by Gasteiger charge is 2.21. The van der Waals surface area contributed by atoms with Crippen LogP contribution in [0.25, 0.3) is 0 Å². The van der Waals surface area contributed by atoms with Crippen molar-refractivity contribution in [1.82, 2.24) is 4.98 Å². The second-order valence-corrected chi connectivity index (χ2v) is 3.81. The number of aromatic nitrogens is 1. The molecule has 0 aromatic carbocycles. The third-order valence-corrected chi connectivity index (χ3v) is 1.72. The monoisotopic (exact) mass is 171 g/mol. The average Bonchev–Trinajstić information content (AvgIpc) is 2.29. The summed E-state index contributed by atoms with van der Waals surface area (Å²) in [4.78, 5) is 2.64. The summed E-state index contributed by atoms with van der Waals surface area (Å²) in [6.07, 6.45) is 0. The molecule has 3 heteroatoms. The molecule has 0 saturated carbocycles. The van der Waals surface area contributed by atoms with Gasteiger partial charge in [-0.3, -0.25) is 0 Å². The topological polar surface area (TPSA) is 25.0 Å². The fraction of sp³-hybridized carbons (Fsp3) is 0.556. The van der Waals surface area contributed by atoms with Gasteiger partial charge >= 0.3 is 0 Å². The van der Waals surface area contributed by atoms with Crippen LogP contribution in [0.3, 0.4) is 0 Å². The summed E-state index contributed by atoms with van der Waals surface area (Å²) in [5.74, 6) is 0.233. The van der Waals surface area contributed by atoms with E-state index in [4.69, 9.17) is 4.74 Å². The van der Waals surface area contributed by atoms with Crippen LogP contribution in [0.15, 0.2) is 6.07 Å². The molecule has 1 rings (SSSR count). The van der Waals surface area contributed by atoms with E-state index in [9.17, 15) is 4.39 Å². The Labute approximate surface area is 71.7 Å². The molecule has 0 aliphatic rings. The van der Waals surface area contributed by atoms with E-state index in [1.807, 2.05) is 20.8 Å². The van der Waals surface area contributed by atoms with Gasteiger partial charge in [-0.15, -0.1) is 0 Å². The van der Waals surface area contributed by atoms with E-state index in [-0.39, 0.29) is 11.4 Å². The highest BCUT2D eigenvalue weighted by Crippen LogP contribution is 2.30. The zero-order chi connectivity index (χ0) is 9.35. The minimum atomic E-state index is -0.350. The first-order valence-corrected chi connectivity index (χ1v) is 3.88. The van der Waals surface area contributed by atoms with Crippen molar-refractivity contribution >= 4 is 0 Å². The summed E-state index contributed by atoms with van der Waals surface area (Å²) in [5.41, 5.74) is 0.679. The fourth-order valence-corrected chi connectivity index (χ4v) is 1.12. The molecular weight excluding hydrogens is 157 g/mol. The van der Waals surface area contributed by atoms with Gasteiger partial charge < -0.3 is 9.72 Å². The smallest absolute Gasteiger partial charge is 0.195 e. The van der Waals surface area contributed by atoms with Crippen LogP contribution in [0.4, 0.5) is 4.39 Å². The third kappa shape index (κ3) is 1.60. The Morgan fingerprint density at radius 1 is 1.42 bits per heavy atom. The molecule has 0 unspecified atom stereocenters. The standard InChI is InChI=1S/C9H14FNO/c1-9(2,3)8-6(12-4)5-7(10)11-8/h5,11H,1-4H3. The summed E-state index contributed by atoms with van der Waals surface area (Å²) in [6, 6.07) is 1.36. The zero-order valence-corrected chi connectivity index (χ0v) is 7.86. The van der Waals surface area contributed by atoms with Crippen molar-refractivity contribution in [2.75, 3.05) is 7.11 Å². The Balaban J connectivity index is 3.13. The van der Waals surface area contributed by atoms with Crippen molar-refractivity contribution in [1.29, 1.82) is 0 Å². The van der Waals surface area contributed by atoms with Crippen molar-refractivity contribution in [3.8, 4) is 5.75 Å². The lowest BCUT2D eigenvalue weighted by Crippen LogP contribution is -2.12. The maximum Gasteiger partial charge on any atom is 0.195 e. The van der Waals surface area contributed by atoms with Gasteiger partial charge in [-0.1, -0.05) is 20.8 Å². The van der Waals surface area contributed by atoms with Gasteiger partial charge in [0.05, 0.1) is 12.8 Å². The van der Waals surface area contributed by atoms with Crippen LogP contribution < -0.4 is 4.74 Å². The molecule has 0 aliphatic carbocycles. The summed E-state index contributed by atoms with van der Waals surface area (Å²) in [5, 5.41) is 0. The Hall–Kier alpha value is -0.990. The number of ether oxygens (including phenoxy) is 1. The number of hydrogen-bond acceptors (Lipinski definition) is 1. The van der Waals surface area contributed by atoms with Gasteiger partial charge in [-0.25, -0.2) is 0 Å². The molecule has 12 heavy (non-hydrogen) atoms. The molecule has 1 aromatic heterocycles. The molecular formula is C9H14FNO. The highest BCUT2D eigenvalue weighted by molar-refractivity contribution is 5.33. The number of H-pyrrole nitrogens is 1. The van der Waals surface area contributed by atoms with E-state index in [1.165, 1.54) is 13.2 Å². The van der Waals surface area contributed by atoms with E-state index in [2.05, 4.69) is 4.98 Å². The van der Waals surface area contributed by atoms with Crippen LogP contribution in [0.1, 0.15) is 26.5 Å². The lowest BCUT2D eigenvalue weighted by molar-refractivity contribution is 0.396. The molecule has 1 aromatic rings. The molecule has 0 bridgehead atoms. The second kappa shape index (κ2) is 2.81. The molecule has 1 N–H and O–H groups in total. The molecule has 0 atom stereocenters. The first-order chi connectivity index (χ1) is 5.45. The Kier molecular flexibility index (Phi) is 2.13. The Morgan fingerprint density at radius 3 is 2.33 bits per heavy atom. The van der Waals surface area contributed by atoms with Gasteiger partial charge in [-0.2, -0.15) is 4.39 Å². The maximum atomic E-state index is 12.8. The Bertz CT molecular complexity index is 273. The van der Waals surface area contributed by atoms with Gasteiger partial charge in [0.15, 0.2) is 5.95 Å². The minimum absolute atomic E-state index is 0.115. The quantitative estimate of drug-likeness (QED) is 0.689. The van der Waals surface area contributed by atoms with Crippen LogP contribution in [0.2, 0.25) is 0 Å². The van der Waals surface area contributed by atoms with Crippen LogP contribution in [0.5, 0.6) is 5.75 Å². The van der Waals surface area contributed by atoms with E-state index in [0.29, 0.717) is 5.75 Å². The van der Waals surface area contributed by atoms with E-state index < -0.39 is 0 Å². The number of aromatic amines is 1. The molecule has 0 amide bonds. The van der Waals surface area contributed by atoms with Crippen molar-refractivity contribution in [3.05, 3.63) is 17.7 Å². The van der Waals surface area contributed by atoms with Gasteiger partial charge in [-0.05, 0) is 0 Å². The molecule has 0 aliphatic heterocycles. The number of hydrogen-bond donors (Lipinski definition) is 1. The fourth-order valence-electron chi connectivity index (χ4n) is 1.12. The molecule has 2 nitrogen and oxygen atoms in total. The van der Waals surface area contributed by atoms with Crippen LogP contribution >= 0.6 is 0 Å². The summed E-state index contributed by atoms with van der Waals surface area (Å²) in [7, 11) is 1.54. The largest absolute Gasteiger partial charge is 0.495 e. The molecule has 0 spiro atoms. The van der Waals surface area contributed by atoms with Crippen LogP contribution in [-0.4, -0.2) is 12.1 Å².